The van der Waals surface area contributed by atoms with Crippen LogP contribution in [0.1, 0.15) is 27.9 Å². The van der Waals surface area contributed by atoms with E-state index in [1.807, 2.05) is 17.0 Å². The zero-order chi connectivity index (χ0) is 15.7. The average Bonchev–Trinajstić information content (AvgIpc) is 2.53. The summed E-state index contributed by atoms with van der Waals surface area (Å²) in [6.45, 7) is 2.78. The van der Waals surface area contributed by atoms with E-state index in [0.717, 1.165) is 18.5 Å². The number of rotatable bonds is 2. The van der Waals surface area contributed by atoms with Crippen LogP contribution in [0.3, 0.4) is 0 Å². The van der Waals surface area contributed by atoms with E-state index in [0.29, 0.717) is 22.9 Å². The van der Waals surface area contributed by atoms with Crippen molar-refractivity contribution < 1.29 is 9.53 Å². The molecule has 0 aliphatic carbocycles. The van der Waals surface area contributed by atoms with Crippen molar-refractivity contribution in [2.75, 3.05) is 18.6 Å². The van der Waals surface area contributed by atoms with E-state index in [4.69, 9.17) is 16.3 Å². The molecule has 0 radical (unpaired) electrons. The van der Waals surface area contributed by atoms with Crippen LogP contribution in [0.4, 0.5) is 5.69 Å². The molecule has 0 aromatic heterocycles. The first-order chi connectivity index (χ1) is 10.6. The predicted octanol–water partition coefficient (Wildman–Crippen LogP) is 4.25. The summed E-state index contributed by atoms with van der Waals surface area (Å²) in [6, 6.07) is 11.4. The third-order valence-electron chi connectivity index (χ3n) is 3.99. The Morgan fingerprint density at radius 1 is 1.23 bits per heavy atom. The van der Waals surface area contributed by atoms with Crippen LogP contribution < -0.4 is 9.64 Å². The van der Waals surface area contributed by atoms with Gasteiger partial charge in [0, 0.05) is 17.3 Å². The summed E-state index contributed by atoms with van der Waals surface area (Å²) in [5, 5.41) is 0.533. The maximum atomic E-state index is 13.0. The minimum absolute atomic E-state index is 0.0656. The molecule has 0 saturated heterocycles. The summed E-state index contributed by atoms with van der Waals surface area (Å²) in [5.74, 6) is 0.484. The minimum Gasteiger partial charge on any atom is -0.496 e. The van der Waals surface area contributed by atoms with E-state index in [1.54, 1.807) is 25.3 Å². The van der Waals surface area contributed by atoms with E-state index in [2.05, 4.69) is 13.0 Å². The second kappa shape index (κ2) is 6.01. The second-order valence-corrected chi connectivity index (χ2v) is 5.97. The lowest BCUT2D eigenvalue weighted by Gasteiger charge is -2.30. The molecule has 0 unspecified atom stereocenters. The Kier molecular flexibility index (Phi) is 4.08. The lowest BCUT2D eigenvalue weighted by atomic mass is 9.98. The van der Waals surface area contributed by atoms with Gasteiger partial charge in [0.1, 0.15) is 5.75 Å². The van der Waals surface area contributed by atoms with Gasteiger partial charge in [-0.2, -0.15) is 0 Å². The first-order valence-electron chi connectivity index (χ1n) is 7.35. The molecule has 1 aliphatic heterocycles. The maximum Gasteiger partial charge on any atom is 0.262 e. The zero-order valence-electron chi connectivity index (χ0n) is 12.7. The number of ether oxygens (including phenoxy) is 1. The molecule has 2 aromatic rings. The largest absolute Gasteiger partial charge is 0.496 e. The Morgan fingerprint density at radius 3 is 2.82 bits per heavy atom. The van der Waals surface area contributed by atoms with Gasteiger partial charge in [0.25, 0.3) is 5.91 Å². The highest BCUT2D eigenvalue weighted by molar-refractivity contribution is 6.31. The van der Waals surface area contributed by atoms with Gasteiger partial charge in [-0.25, -0.2) is 0 Å². The Labute approximate surface area is 135 Å². The molecule has 1 heterocycles. The predicted molar refractivity (Wildman–Crippen MR) is 89.2 cm³/mol. The summed E-state index contributed by atoms with van der Waals surface area (Å²) < 4.78 is 5.31. The van der Waals surface area contributed by atoms with Gasteiger partial charge < -0.3 is 9.64 Å². The zero-order valence-corrected chi connectivity index (χ0v) is 13.5. The van der Waals surface area contributed by atoms with Crippen LogP contribution >= 0.6 is 11.6 Å². The number of anilines is 1. The van der Waals surface area contributed by atoms with Crippen molar-refractivity contribution in [3.05, 3.63) is 58.1 Å². The van der Waals surface area contributed by atoms with Crippen molar-refractivity contribution in [3.8, 4) is 5.75 Å². The smallest absolute Gasteiger partial charge is 0.262 e. The van der Waals surface area contributed by atoms with Crippen LogP contribution in [0.5, 0.6) is 5.75 Å². The molecule has 3 nitrogen and oxygen atoms in total. The highest BCUT2D eigenvalue weighted by atomic mass is 35.5. The van der Waals surface area contributed by atoms with Crippen LogP contribution in [-0.4, -0.2) is 19.6 Å². The lowest BCUT2D eigenvalue weighted by Crippen LogP contribution is -2.35. The number of benzene rings is 2. The summed E-state index contributed by atoms with van der Waals surface area (Å²) in [4.78, 5) is 14.8. The van der Waals surface area contributed by atoms with Crippen LogP contribution in [0.25, 0.3) is 0 Å². The number of hydrogen-bond acceptors (Lipinski definition) is 2. The van der Waals surface area contributed by atoms with Gasteiger partial charge in [0.2, 0.25) is 0 Å². The van der Waals surface area contributed by atoms with Crippen LogP contribution in [0.2, 0.25) is 5.02 Å². The van der Waals surface area contributed by atoms with Gasteiger partial charge in [-0.1, -0.05) is 29.3 Å². The number of fused-ring (bicyclic) bond motifs is 1. The molecule has 2 aromatic carbocycles. The number of nitrogens with zero attached hydrogens (tertiary/aromatic N) is 1. The summed E-state index contributed by atoms with van der Waals surface area (Å²) in [6.07, 6.45) is 1.97. The maximum absolute atomic E-state index is 13.0. The average molecular weight is 316 g/mol. The Balaban J connectivity index is 2.03. The van der Waals surface area contributed by atoms with Gasteiger partial charge in [-0.05, 0) is 49.6 Å². The fourth-order valence-corrected chi connectivity index (χ4v) is 3.10. The van der Waals surface area contributed by atoms with Crippen molar-refractivity contribution in [2.45, 2.75) is 19.8 Å². The molecule has 0 atom stereocenters. The highest BCUT2D eigenvalue weighted by Crippen LogP contribution is 2.32. The number of carbonyl (C=O) groups is 1. The molecule has 114 valence electrons. The molecular weight excluding hydrogens is 298 g/mol. The van der Waals surface area contributed by atoms with Gasteiger partial charge >= 0.3 is 0 Å². The number of carbonyl (C=O) groups excluding carboxylic acids is 1. The number of aryl methyl sites for hydroxylation is 2. The fraction of sp³-hybridized carbons (Fsp3) is 0.278. The third-order valence-corrected chi connectivity index (χ3v) is 4.23. The second-order valence-electron chi connectivity index (χ2n) is 5.54. The van der Waals surface area contributed by atoms with Gasteiger partial charge in [-0.3, -0.25) is 4.79 Å². The van der Waals surface area contributed by atoms with Crippen molar-refractivity contribution >= 4 is 23.2 Å². The Bertz CT molecular complexity index is 727. The van der Waals surface area contributed by atoms with Crippen LogP contribution in [-0.2, 0) is 6.42 Å². The molecule has 0 fully saturated rings. The number of halogens is 1. The molecule has 1 amide bonds. The first kappa shape index (κ1) is 14.9. The Hall–Kier alpha value is -2.00. The molecule has 1 aliphatic rings. The minimum atomic E-state index is -0.0656. The third kappa shape index (κ3) is 2.69. The summed E-state index contributed by atoms with van der Waals surface area (Å²) in [7, 11) is 1.56. The highest BCUT2D eigenvalue weighted by Gasteiger charge is 2.25. The van der Waals surface area contributed by atoms with Crippen LogP contribution in [0.15, 0.2) is 36.4 Å². The molecule has 3 rings (SSSR count). The summed E-state index contributed by atoms with van der Waals surface area (Å²) >= 11 is 6.05. The van der Waals surface area contributed by atoms with Gasteiger partial charge in [0.15, 0.2) is 0 Å². The van der Waals surface area contributed by atoms with E-state index in [1.165, 1.54) is 11.1 Å². The molecule has 0 saturated carbocycles. The first-order valence-corrected chi connectivity index (χ1v) is 7.73. The molecule has 4 heteroatoms. The number of methoxy groups -OCH3 is 1. The van der Waals surface area contributed by atoms with E-state index >= 15 is 0 Å². The Morgan fingerprint density at radius 2 is 2.05 bits per heavy atom. The van der Waals surface area contributed by atoms with E-state index in [9.17, 15) is 4.79 Å². The molecule has 0 spiro atoms. The van der Waals surface area contributed by atoms with Gasteiger partial charge in [0.05, 0.1) is 12.7 Å². The van der Waals surface area contributed by atoms with Crippen molar-refractivity contribution in [1.82, 2.24) is 0 Å². The van der Waals surface area contributed by atoms with E-state index in [-0.39, 0.29) is 5.91 Å². The van der Waals surface area contributed by atoms with Crippen molar-refractivity contribution in [1.29, 1.82) is 0 Å². The summed E-state index contributed by atoms with van der Waals surface area (Å²) in [5.41, 5.74) is 3.93. The van der Waals surface area contributed by atoms with Crippen molar-refractivity contribution in [2.24, 2.45) is 0 Å². The van der Waals surface area contributed by atoms with E-state index < -0.39 is 0 Å². The number of hydrogen-bond donors (Lipinski definition) is 0. The molecule has 0 bridgehead atoms. The fourth-order valence-electron chi connectivity index (χ4n) is 2.93. The molecule has 0 N–H and O–H groups in total. The van der Waals surface area contributed by atoms with Crippen LogP contribution in [0, 0.1) is 6.92 Å². The lowest BCUT2D eigenvalue weighted by molar-refractivity contribution is 0.0982. The quantitative estimate of drug-likeness (QED) is 0.829. The molecular formula is C18H18ClNO2. The normalized spacial score (nSPS) is 13.7. The number of amides is 1. The molecule has 22 heavy (non-hydrogen) atoms. The van der Waals surface area contributed by atoms with Crippen molar-refractivity contribution in [3.63, 3.8) is 0 Å². The van der Waals surface area contributed by atoms with Gasteiger partial charge in [-0.15, -0.1) is 0 Å². The SMILES string of the molecule is COc1ccc(Cl)cc1C(=O)N1CCCc2cc(C)ccc21. The monoisotopic (exact) mass is 315 g/mol. The standard InChI is InChI=1S/C18H18ClNO2/c1-12-5-7-16-13(10-12)4-3-9-20(16)18(21)15-11-14(19)6-8-17(15)22-2/h5-8,10-11H,3-4,9H2,1-2H3. The topological polar surface area (TPSA) is 29.5 Å².